The molecule has 1 saturated carbocycles. The summed E-state index contributed by atoms with van der Waals surface area (Å²) in [5, 5.41) is 0. The van der Waals surface area contributed by atoms with E-state index in [0.717, 1.165) is 6.42 Å². The molecule has 2 aliphatic rings. The molecular weight excluding hydrogens is 280 g/mol. The Morgan fingerprint density at radius 3 is 2.23 bits per heavy atom. The van der Waals surface area contributed by atoms with E-state index in [1.54, 1.807) is 13.8 Å². The van der Waals surface area contributed by atoms with Gasteiger partial charge in [0.1, 0.15) is 0 Å². The molecule has 0 spiro atoms. The predicted octanol–water partition coefficient (Wildman–Crippen LogP) is 3.42. The van der Waals surface area contributed by atoms with Gasteiger partial charge in [-0.2, -0.15) is 0 Å². The third kappa shape index (κ3) is 2.71. The van der Waals surface area contributed by atoms with E-state index < -0.39 is 17.4 Å². The molecule has 0 heterocycles. The lowest BCUT2D eigenvalue weighted by Gasteiger charge is -2.24. The number of hydrogen-bond acceptors (Lipinski definition) is 4. The van der Waals surface area contributed by atoms with Crippen LogP contribution >= 0.6 is 0 Å². The van der Waals surface area contributed by atoms with Crippen LogP contribution < -0.4 is 0 Å². The third-order valence-electron chi connectivity index (χ3n) is 4.82. The molecule has 2 atom stereocenters. The highest BCUT2D eigenvalue weighted by atomic mass is 16.6. The normalized spacial score (nSPS) is 25.8. The number of fused-ring (bicyclic) bond motifs is 1. The van der Waals surface area contributed by atoms with Gasteiger partial charge in [0.2, 0.25) is 0 Å². The zero-order valence-corrected chi connectivity index (χ0v) is 14.0. The van der Waals surface area contributed by atoms with Gasteiger partial charge < -0.3 is 9.47 Å². The highest BCUT2D eigenvalue weighted by Gasteiger charge is 2.56. The highest BCUT2D eigenvalue weighted by Crippen LogP contribution is 2.51. The SMILES string of the molecule is CCOC(=O)C1(C(=O)OCC)CC2=C(CC)[C@H](C)C=C[C@@H]2C1. The number of esters is 2. The van der Waals surface area contributed by atoms with Crippen molar-refractivity contribution in [3.05, 3.63) is 23.3 Å². The van der Waals surface area contributed by atoms with Gasteiger partial charge in [-0.15, -0.1) is 0 Å². The zero-order valence-electron chi connectivity index (χ0n) is 14.0. The Labute approximate surface area is 132 Å². The van der Waals surface area contributed by atoms with Gasteiger partial charge in [-0.25, -0.2) is 0 Å². The molecule has 0 bridgehead atoms. The van der Waals surface area contributed by atoms with Crippen molar-refractivity contribution >= 4 is 11.9 Å². The molecule has 22 heavy (non-hydrogen) atoms. The smallest absolute Gasteiger partial charge is 0.323 e. The van der Waals surface area contributed by atoms with Crippen molar-refractivity contribution in [3.63, 3.8) is 0 Å². The summed E-state index contributed by atoms with van der Waals surface area (Å²) in [5.41, 5.74) is 1.42. The summed E-state index contributed by atoms with van der Waals surface area (Å²) in [7, 11) is 0. The molecule has 4 nitrogen and oxygen atoms in total. The molecule has 0 aromatic rings. The van der Waals surface area contributed by atoms with E-state index in [1.807, 2.05) is 0 Å². The quantitative estimate of drug-likeness (QED) is 0.444. The van der Waals surface area contributed by atoms with E-state index in [4.69, 9.17) is 9.47 Å². The van der Waals surface area contributed by atoms with Crippen molar-refractivity contribution in [1.82, 2.24) is 0 Å². The van der Waals surface area contributed by atoms with E-state index in [2.05, 4.69) is 26.0 Å². The molecule has 0 aromatic carbocycles. The van der Waals surface area contributed by atoms with Gasteiger partial charge in [-0.05, 0) is 44.9 Å². The topological polar surface area (TPSA) is 52.6 Å². The summed E-state index contributed by atoms with van der Waals surface area (Å²) in [6, 6.07) is 0. The molecule has 0 amide bonds. The molecule has 0 saturated heterocycles. The summed E-state index contributed by atoms with van der Waals surface area (Å²) in [5.74, 6) is -0.352. The predicted molar refractivity (Wildman–Crippen MR) is 84.0 cm³/mol. The maximum absolute atomic E-state index is 12.5. The van der Waals surface area contributed by atoms with Crippen LogP contribution in [-0.4, -0.2) is 25.2 Å². The number of carbonyl (C=O) groups is 2. The summed E-state index contributed by atoms with van der Waals surface area (Å²) in [6.07, 6.45) is 6.16. The lowest BCUT2D eigenvalue weighted by Crippen LogP contribution is -2.40. The van der Waals surface area contributed by atoms with Crippen LogP contribution in [0.15, 0.2) is 23.3 Å². The molecule has 0 radical (unpaired) electrons. The number of allylic oxidation sites excluding steroid dienone is 4. The minimum atomic E-state index is -1.17. The summed E-state index contributed by atoms with van der Waals surface area (Å²) < 4.78 is 10.4. The number of hydrogen-bond donors (Lipinski definition) is 0. The van der Waals surface area contributed by atoms with Gasteiger partial charge in [0.05, 0.1) is 13.2 Å². The van der Waals surface area contributed by atoms with Crippen LogP contribution in [0, 0.1) is 17.3 Å². The van der Waals surface area contributed by atoms with Crippen molar-refractivity contribution in [2.24, 2.45) is 17.3 Å². The van der Waals surface area contributed by atoms with E-state index in [0.29, 0.717) is 18.8 Å². The molecule has 2 aliphatic carbocycles. The molecule has 2 rings (SSSR count). The Kier molecular flexibility index (Phi) is 5.09. The number of carbonyl (C=O) groups excluding carboxylic acids is 2. The first kappa shape index (κ1) is 16.8. The Morgan fingerprint density at radius 2 is 1.73 bits per heavy atom. The monoisotopic (exact) mass is 306 g/mol. The van der Waals surface area contributed by atoms with Gasteiger partial charge in [-0.3, -0.25) is 9.59 Å². The first-order valence-corrected chi connectivity index (χ1v) is 8.24. The molecular formula is C18H26O4. The molecule has 0 unspecified atom stereocenters. The molecule has 122 valence electrons. The van der Waals surface area contributed by atoms with E-state index >= 15 is 0 Å². The average molecular weight is 306 g/mol. The third-order valence-corrected chi connectivity index (χ3v) is 4.82. The van der Waals surface area contributed by atoms with Crippen molar-refractivity contribution in [2.75, 3.05) is 13.2 Å². The fourth-order valence-corrected chi connectivity index (χ4v) is 3.75. The molecule has 4 heteroatoms. The Bertz CT molecular complexity index is 497. The average Bonchev–Trinajstić information content (AvgIpc) is 2.88. The fourth-order valence-electron chi connectivity index (χ4n) is 3.75. The Hall–Kier alpha value is -1.58. The zero-order chi connectivity index (χ0) is 16.3. The lowest BCUT2D eigenvalue weighted by molar-refractivity contribution is -0.171. The van der Waals surface area contributed by atoms with Crippen LogP contribution in [0.5, 0.6) is 0 Å². The van der Waals surface area contributed by atoms with Crippen LogP contribution in [-0.2, 0) is 19.1 Å². The van der Waals surface area contributed by atoms with Gasteiger partial charge in [0, 0.05) is 0 Å². The first-order valence-electron chi connectivity index (χ1n) is 8.24. The largest absolute Gasteiger partial charge is 0.465 e. The second kappa shape index (κ2) is 6.67. The minimum Gasteiger partial charge on any atom is -0.465 e. The maximum atomic E-state index is 12.5. The van der Waals surface area contributed by atoms with Crippen LogP contribution in [0.25, 0.3) is 0 Å². The van der Waals surface area contributed by atoms with Crippen molar-refractivity contribution in [1.29, 1.82) is 0 Å². The van der Waals surface area contributed by atoms with Crippen LogP contribution in [0.3, 0.4) is 0 Å². The van der Waals surface area contributed by atoms with Gasteiger partial charge >= 0.3 is 11.9 Å². The lowest BCUT2D eigenvalue weighted by atomic mass is 9.83. The second-order valence-corrected chi connectivity index (χ2v) is 6.09. The Morgan fingerprint density at radius 1 is 1.14 bits per heavy atom. The minimum absolute atomic E-state index is 0.153. The molecule has 1 fully saturated rings. The molecule has 0 N–H and O–H groups in total. The summed E-state index contributed by atoms with van der Waals surface area (Å²) in [4.78, 5) is 25.1. The second-order valence-electron chi connectivity index (χ2n) is 6.09. The van der Waals surface area contributed by atoms with Crippen molar-refractivity contribution in [3.8, 4) is 0 Å². The molecule has 0 aromatic heterocycles. The summed E-state index contributed by atoms with van der Waals surface area (Å²) >= 11 is 0. The van der Waals surface area contributed by atoms with Gasteiger partial charge in [0.25, 0.3) is 0 Å². The highest BCUT2D eigenvalue weighted by molar-refractivity contribution is 6.01. The number of ether oxygens (including phenoxy) is 2. The van der Waals surface area contributed by atoms with Gasteiger partial charge in [0.15, 0.2) is 5.41 Å². The van der Waals surface area contributed by atoms with Crippen LogP contribution in [0.1, 0.15) is 47.0 Å². The number of rotatable bonds is 5. The van der Waals surface area contributed by atoms with Gasteiger partial charge in [-0.1, -0.05) is 37.1 Å². The first-order chi connectivity index (χ1) is 10.5. The maximum Gasteiger partial charge on any atom is 0.323 e. The summed E-state index contributed by atoms with van der Waals surface area (Å²) in [6.45, 7) is 8.36. The van der Waals surface area contributed by atoms with Crippen molar-refractivity contribution < 1.29 is 19.1 Å². The Balaban J connectivity index is 2.41. The van der Waals surface area contributed by atoms with Crippen molar-refractivity contribution in [2.45, 2.75) is 47.0 Å². The van der Waals surface area contributed by atoms with Crippen LogP contribution in [0.4, 0.5) is 0 Å². The molecule has 0 aliphatic heterocycles. The standard InChI is InChI=1S/C18H26O4/c1-5-14-12(4)8-9-13-10-18(11-15(13)14,16(19)21-6-2)17(20)22-7-3/h8-9,12-13H,5-7,10-11H2,1-4H3/t12-,13-/m1/s1. The fraction of sp³-hybridized carbons (Fsp3) is 0.667. The van der Waals surface area contributed by atoms with E-state index in [1.165, 1.54) is 11.1 Å². The van der Waals surface area contributed by atoms with E-state index in [-0.39, 0.29) is 19.1 Å². The van der Waals surface area contributed by atoms with Crippen LogP contribution in [0.2, 0.25) is 0 Å². The van der Waals surface area contributed by atoms with E-state index in [9.17, 15) is 9.59 Å².